The zero-order valence-electron chi connectivity index (χ0n) is 31.6. The standard InChI is InChI=1S/C36H53FIN5O5SSi2/c1-11-26-19-33(48-24-47-15-17-51(8,9)10)29(37)20-28(26)30-21-32-34(35(38)41-43(32)23-46-14-16-50(5,6)7)36(40-30)39-22-27-18-25(2)12-13-31(27)42(3)49(4,44)45/h12-13,18-21H,11,14-17,22-24H2,1-10H3,(H,39,40). The van der Waals surface area contributed by atoms with Crippen LogP contribution in [0.4, 0.5) is 15.9 Å². The summed E-state index contributed by atoms with van der Waals surface area (Å²) in [5.74, 6) is 0.187. The zero-order chi connectivity index (χ0) is 37.7. The first kappa shape index (κ1) is 41.2. The van der Waals surface area contributed by atoms with Crippen molar-refractivity contribution >= 4 is 71.2 Å². The predicted octanol–water partition coefficient (Wildman–Crippen LogP) is 8.72. The maximum Gasteiger partial charge on any atom is 0.232 e. The zero-order valence-corrected chi connectivity index (χ0v) is 36.6. The number of rotatable bonds is 18. The van der Waals surface area contributed by atoms with Gasteiger partial charge in [0.25, 0.3) is 0 Å². The number of sulfonamides is 1. The van der Waals surface area contributed by atoms with Crippen LogP contribution in [0.25, 0.3) is 22.2 Å². The van der Waals surface area contributed by atoms with E-state index in [2.05, 4.69) is 67.2 Å². The van der Waals surface area contributed by atoms with Crippen LogP contribution < -0.4 is 14.4 Å². The number of halogens is 2. The third-order valence-corrected chi connectivity index (χ3v) is 13.9. The first-order valence-corrected chi connectivity index (χ1v) is 27.6. The summed E-state index contributed by atoms with van der Waals surface area (Å²) in [6.45, 7) is 19.5. The number of hydrogen-bond donors (Lipinski definition) is 1. The van der Waals surface area contributed by atoms with Crippen molar-refractivity contribution in [2.45, 2.75) is 84.9 Å². The van der Waals surface area contributed by atoms with Gasteiger partial charge in [0.05, 0.1) is 28.5 Å². The smallest absolute Gasteiger partial charge is 0.232 e. The molecule has 1 N–H and O–H groups in total. The number of anilines is 2. The molecule has 0 aliphatic rings. The van der Waals surface area contributed by atoms with Crippen molar-refractivity contribution in [3.05, 3.63) is 62.6 Å². The molecule has 4 rings (SSSR count). The molecule has 51 heavy (non-hydrogen) atoms. The van der Waals surface area contributed by atoms with E-state index in [-0.39, 0.29) is 25.8 Å². The Bertz CT molecular complexity index is 1950. The monoisotopic (exact) mass is 869 g/mol. The van der Waals surface area contributed by atoms with E-state index in [0.29, 0.717) is 42.4 Å². The Morgan fingerprint density at radius 1 is 0.980 bits per heavy atom. The van der Waals surface area contributed by atoms with Crippen molar-refractivity contribution in [3.63, 3.8) is 0 Å². The van der Waals surface area contributed by atoms with Crippen LogP contribution in [0.5, 0.6) is 5.75 Å². The van der Waals surface area contributed by atoms with Gasteiger partial charge in [-0.15, -0.1) is 0 Å². The van der Waals surface area contributed by atoms with Crippen molar-refractivity contribution in [2.75, 3.05) is 42.9 Å². The van der Waals surface area contributed by atoms with Crippen LogP contribution in [0.2, 0.25) is 51.4 Å². The van der Waals surface area contributed by atoms with E-state index in [0.717, 1.165) is 43.4 Å². The number of aryl methyl sites for hydroxylation is 2. The average molecular weight is 870 g/mol. The molecule has 10 nitrogen and oxygen atoms in total. The lowest BCUT2D eigenvalue weighted by Crippen LogP contribution is -2.26. The van der Waals surface area contributed by atoms with Gasteiger partial charge in [0.2, 0.25) is 10.0 Å². The fourth-order valence-electron chi connectivity index (χ4n) is 5.34. The average Bonchev–Trinajstić information content (AvgIpc) is 3.35. The summed E-state index contributed by atoms with van der Waals surface area (Å²) in [4.78, 5) is 5.06. The van der Waals surface area contributed by atoms with Crippen molar-refractivity contribution in [1.82, 2.24) is 14.8 Å². The lowest BCUT2D eigenvalue weighted by Gasteiger charge is -2.21. The van der Waals surface area contributed by atoms with Gasteiger partial charge in [0.15, 0.2) is 18.4 Å². The number of ether oxygens (including phenoxy) is 3. The molecule has 0 saturated carbocycles. The van der Waals surface area contributed by atoms with Crippen LogP contribution >= 0.6 is 22.6 Å². The lowest BCUT2D eigenvalue weighted by molar-refractivity contribution is 0.0197. The van der Waals surface area contributed by atoms with Crippen molar-refractivity contribution in [1.29, 1.82) is 0 Å². The topological polar surface area (TPSA) is 108 Å². The quantitative estimate of drug-likeness (QED) is 0.0458. The van der Waals surface area contributed by atoms with Crippen molar-refractivity contribution < 1.29 is 27.0 Å². The molecule has 0 saturated heterocycles. The fourth-order valence-corrected chi connectivity index (χ4v) is 8.18. The maximum absolute atomic E-state index is 15.7. The van der Waals surface area contributed by atoms with Crippen LogP contribution in [0.3, 0.4) is 0 Å². The van der Waals surface area contributed by atoms with Gasteiger partial charge in [0, 0.05) is 48.5 Å². The minimum atomic E-state index is -3.49. The van der Waals surface area contributed by atoms with Gasteiger partial charge in [-0.2, -0.15) is 5.10 Å². The Morgan fingerprint density at radius 2 is 1.65 bits per heavy atom. The molecule has 2 heterocycles. The molecule has 0 atom stereocenters. The highest BCUT2D eigenvalue weighted by atomic mass is 127. The molecule has 4 aromatic rings. The highest BCUT2D eigenvalue weighted by Gasteiger charge is 2.22. The van der Waals surface area contributed by atoms with Crippen LogP contribution in [0, 0.1) is 16.4 Å². The van der Waals surface area contributed by atoms with Gasteiger partial charge >= 0.3 is 0 Å². The maximum atomic E-state index is 15.7. The van der Waals surface area contributed by atoms with Crippen LogP contribution in [0.1, 0.15) is 23.6 Å². The molecule has 2 aromatic carbocycles. The third kappa shape index (κ3) is 11.5. The van der Waals surface area contributed by atoms with Crippen LogP contribution in [0.15, 0.2) is 36.4 Å². The molecule has 0 fully saturated rings. The predicted molar refractivity (Wildman–Crippen MR) is 220 cm³/mol. The number of nitrogens with zero attached hydrogens (tertiary/aromatic N) is 4. The van der Waals surface area contributed by atoms with Crippen molar-refractivity contribution in [2.24, 2.45) is 0 Å². The number of benzene rings is 2. The molecule has 0 aliphatic carbocycles. The van der Waals surface area contributed by atoms with Gasteiger partial charge < -0.3 is 19.5 Å². The Morgan fingerprint density at radius 3 is 2.27 bits per heavy atom. The number of nitrogens with one attached hydrogen (secondary N) is 1. The fraction of sp³-hybridized carbons (Fsp3) is 0.500. The summed E-state index contributed by atoms with van der Waals surface area (Å²) >= 11 is 2.20. The largest absolute Gasteiger partial charge is 0.464 e. The molecule has 280 valence electrons. The number of pyridine rings is 1. The summed E-state index contributed by atoms with van der Waals surface area (Å²) in [5.41, 5.74) is 5.21. The van der Waals surface area contributed by atoms with Crippen LogP contribution in [-0.2, 0) is 39.2 Å². The summed E-state index contributed by atoms with van der Waals surface area (Å²) in [5, 5.41) is 9.11. The lowest BCUT2D eigenvalue weighted by atomic mass is 10.0. The molecule has 0 aliphatic heterocycles. The van der Waals surface area contributed by atoms with Crippen molar-refractivity contribution in [3.8, 4) is 17.0 Å². The molecule has 0 amide bonds. The van der Waals surface area contributed by atoms with E-state index in [1.165, 1.54) is 16.6 Å². The van der Waals surface area contributed by atoms with E-state index in [1.54, 1.807) is 13.1 Å². The molecule has 0 spiro atoms. The van der Waals surface area contributed by atoms with Crippen LogP contribution in [-0.4, -0.2) is 72.6 Å². The second-order valence-electron chi connectivity index (χ2n) is 15.4. The first-order chi connectivity index (χ1) is 23.8. The summed E-state index contributed by atoms with van der Waals surface area (Å²) in [6, 6.07) is 12.8. The normalized spacial score (nSPS) is 12.5. The Labute approximate surface area is 318 Å². The molecule has 0 radical (unpaired) electrons. The van der Waals surface area contributed by atoms with E-state index in [1.807, 2.05) is 42.8 Å². The second kappa shape index (κ2) is 17.1. The third-order valence-electron chi connectivity index (χ3n) is 8.53. The minimum Gasteiger partial charge on any atom is -0.464 e. The van der Waals surface area contributed by atoms with E-state index in [4.69, 9.17) is 24.3 Å². The summed E-state index contributed by atoms with van der Waals surface area (Å²) in [6.07, 6.45) is 1.80. The molecule has 15 heteroatoms. The molecule has 0 unspecified atom stereocenters. The molecule has 2 aromatic heterocycles. The van der Waals surface area contributed by atoms with Gasteiger partial charge in [-0.25, -0.2) is 22.5 Å². The van der Waals surface area contributed by atoms with Gasteiger partial charge in [-0.3, -0.25) is 4.31 Å². The first-order valence-electron chi connectivity index (χ1n) is 17.2. The second-order valence-corrected chi connectivity index (χ2v) is 29.7. The summed E-state index contributed by atoms with van der Waals surface area (Å²) < 4.78 is 62.0. The SMILES string of the molecule is CCc1cc(OCOCC[Si](C)(C)C)c(F)cc1-c1cc2c(c(I)nn2COCC[Si](C)(C)C)c(NCc2cc(C)ccc2N(C)S(C)(=O)=O)n1. The molecular weight excluding hydrogens is 817 g/mol. The minimum absolute atomic E-state index is 0.0209. The highest BCUT2D eigenvalue weighted by molar-refractivity contribution is 14.1. The van der Waals surface area contributed by atoms with E-state index < -0.39 is 32.0 Å². The summed E-state index contributed by atoms with van der Waals surface area (Å²) in [7, 11) is -4.49. The van der Waals surface area contributed by atoms with E-state index in [9.17, 15) is 8.42 Å². The number of hydrogen-bond acceptors (Lipinski definition) is 8. The molecular formula is C36H53FIN5O5SSi2. The number of fused-ring (bicyclic) bond motifs is 1. The molecule has 0 bridgehead atoms. The van der Waals surface area contributed by atoms with Gasteiger partial charge in [-0.05, 0) is 83.4 Å². The van der Waals surface area contributed by atoms with Gasteiger partial charge in [0.1, 0.15) is 16.2 Å². The number of aromatic nitrogens is 3. The highest BCUT2D eigenvalue weighted by Crippen LogP contribution is 2.36. The Hall–Kier alpha value is -2.58. The Kier molecular flexibility index (Phi) is 13.8. The van der Waals surface area contributed by atoms with E-state index >= 15 is 4.39 Å². The van der Waals surface area contributed by atoms with Gasteiger partial charge in [-0.1, -0.05) is 63.9 Å². The Balaban J connectivity index is 1.75.